The molecule has 0 atom stereocenters. The summed E-state index contributed by atoms with van der Waals surface area (Å²) in [6.07, 6.45) is 0. The van der Waals surface area contributed by atoms with Gasteiger partial charge < -0.3 is 0 Å². The molecule has 15 heteroatoms. The summed E-state index contributed by atoms with van der Waals surface area (Å²) in [6, 6.07) is 4.23. The van der Waals surface area contributed by atoms with E-state index in [-0.39, 0.29) is 94.1 Å². The minimum absolute atomic E-state index is 0. The molecule has 2 rings (SSSR count). The summed E-state index contributed by atoms with van der Waals surface area (Å²) in [5.41, 5.74) is 0. The molecule has 0 unspecified atom stereocenters. The van der Waals surface area contributed by atoms with Gasteiger partial charge in [0, 0.05) is 10.8 Å². The molecule has 126 valence electrons. The first-order chi connectivity index (χ1) is 9.82. The number of fused-ring (bicyclic) bond motifs is 1. The van der Waals surface area contributed by atoms with Gasteiger partial charge >= 0.3 is 88.7 Å². The van der Waals surface area contributed by atoms with Crippen LogP contribution in [0, 0.1) is 0 Å². The maximum absolute atomic E-state index is 11.4. The second kappa shape index (κ2) is 9.76. The van der Waals surface area contributed by atoms with Crippen molar-refractivity contribution in [3.8, 4) is 0 Å². The zero-order chi connectivity index (χ0) is 16.9. The normalized spacial score (nSPS) is 11.8. The second-order valence-corrected chi connectivity index (χ2v) is 8.40. The summed E-state index contributed by atoms with van der Waals surface area (Å²) in [7, 11) is -14.6. The number of rotatable bonds is 3. The Morgan fingerprint density at radius 3 is 1.48 bits per heavy atom. The molecule has 0 aliphatic rings. The van der Waals surface area contributed by atoms with Crippen LogP contribution in [0.1, 0.15) is 0 Å². The first kappa shape index (κ1) is 28.6. The van der Waals surface area contributed by atoms with Gasteiger partial charge in [-0.1, -0.05) is 12.1 Å². The van der Waals surface area contributed by atoms with E-state index < -0.39 is 50.4 Å². The Morgan fingerprint density at radius 1 is 0.600 bits per heavy atom. The van der Waals surface area contributed by atoms with Gasteiger partial charge in [-0.3, -0.25) is 13.7 Å². The SMILES string of the molecule is O=S(=O)(O)c1cc(S(=O)(=O)O)c2cccc(S(=O)(=O)O)c2c1.[NaH].[NaH].[NaH]. The van der Waals surface area contributed by atoms with E-state index in [4.69, 9.17) is 13.7 Å². The third-order valence-electron chi connectivity index (χ3n) is 2.75. The molecule has 3 N–H and O–H groups in total. The van der Waals surface area contributed by atoms with Gasteiger partial charge in [0.1, 0.15) is 9.79 Å². The Labute approximate surface area is 210 Å². The maximum atomic E-state index is 11.4. The summed E-state index contributed by atoms with van der Waals surface area (Å²) < 4.78 is 95.0. The minimum atomic E-state index is -4.93. The van der Waals surface area contributed by atoms with E-state index >= 15 is 0 Å². The molecule has 0 aliphatic carbocycles. The predicted molar refractivity (Wildman–Crippen MR) is 94.8 cm³/mol. The first-order valence-electron chi connectivity index (χ1n) is 5.31. The standard InChI is InChI=1S/C10H8O9S3.3Na.3H/c11-20(12,13)6-4-8-7(10(5-6)22(17,18)19)2-1-3-9(8)21(14,15)16;;;;;;/h1-5H,(H,11,12,13)(H,14,15,16)(H,17,18,19);;;;;;. The van der Waals surface area contributed by atoms with E-state index in [1.807, 2.05) is 0 Å². The topological polar surface area (TPSA) is 163 Å². The van der Waals surface area contributed by atoms with Crippen molar-refractivity contribution in [1.82, 2.24) is 0 Å². The summed E-state index contributed by atoms with van der Waals surface area (Å²) in [5.74, 6) is 0. The summed E-state index contributed by atoms with van der Waals surface area (Å²) in [4.78, 5) is -2.66. The van der Waals surface area contributed by atoms with E-state index in [2.05, 4.69) is 0 Å². The quantitative estimate of drug-likeness (QED) is 0.386. The Bertz CT molecular complexity index is 1090. The molecule has 2 aromatic carbocycles. The van der Waals surface area contributed by atoms with Crippen LogP contribution in [0.15, 0.2) is 45.0 Å². The van der Waals surface area contributed by atoms with Crippen molar-refractivity contribution in [1.29, 1.82) is 0 Å². The van der Waals surface area contributed by atoms with Crippen molar-refractivity contribution in [2.24, 2.45) is 0 Å². The van der Waals surface area contributed by atoms with Gasteiger partial charge in [-0.25, -0.2) is 0 Å². The van der Waals surface area contributed by atoms with E-state index in [0.29, 0.717) is 12.1 Å². The fourth-order valence-electron chi connectivity index (χ4n) is 1.89. The Balaban J connectivity index is 0. The average Bonchev–Trinajstić information content (AvgIpc) is 2.33. The van der Waals surface area contributed by atoms with Crippen molar-refractivity contribution in [3.63, 3.8) is 0 Å². The molecule has 0 heterocycles. The monoisotopic (exact) mass is 440 g/mol. The number of hydrogen-bond donors (Lipinski definition) is 3. The Hall–Kier alpha value is 1.43. The second-order valence-electron chi connectivity index (χ2n) is 4.20. The molecule has 0 saturated heterocycles. The fraction of sp³-hybridized carbons (Fsp3) is 0. The first-order valence-corrected chi connectivity index (χ1v) is 9.63. The average molecular weight is 440 g/mol. The van der Waals surface area contributed by atoms with Crippen LogP contribution < -0.4 is 0 Å². The molecule has 0 radical (unpaired) electrons. The van der Waals surface area contributed by atoms with E-state index in [0.717, 1.165) is 18.2 Å². The third-order valence-corrected chi connectivity index (χ3v) is 5.38. The molecule has 0 saturated carbocycles. The molecule has 9 nitrogen and oxygen atoms in total. The Morgan fingerprint density at radius 2 is 1.08 bits per heavy atom. The molecule has 2 aromatic rings. The van der Waals surface area contributed by atoms with Crippen molar-refractivity contribution >= 4 is 130 Å². The van der Waals surface area contributed by atoms with Crippen LogP contribution in [0.25, 0.3) is 10.8 Å². The molecular weight excluding hydrogens is 429 g/mol. The fourth-order valence-corrected chi connectivity index (χ4v) is 3.92. The van der Waals surface area contributed by atoms with E-state index in [9.17, 15) is 25.3 Å². The van der Waals surface area contributed by atoms with E-state index in [1.54, 1.807) is 0 Å². The van der Waals surface area contributed by atoms with Crippen LogP contribution in [0.3, 0.4) is 0 Å². The molecule has 0 bridgehead atoms. The van der Waals surface area contributed by atoms with Crippen LogP contribution in [0.4, 0.5) is 0 Å². The molecule has 0 amide bonds. The van der Waals surface area contributed by atoms with Gasteiger partial charge in [0.2, 0.25) is 0 Å². The zero-order valence-electron chi connectivity index (χ0n) is 10.4. The van der Waals surface area contributed by atoms with Crippen molar-refractivity contribution < 1.29 is 38.9 Å². The summed E-state index contributed by atoms with van der Waals surface area (Å²) >= 11 is 0. The molecule has 0 spiro atoms. The van der Waals surface area contributed by atoms with Crippen LogP contribution >= 0.6 is 0 Å². The van der Waals surface area contributed by atoms with Crippen LogP contribution in [-0.2, 0) is 30.4 Å². The summed E-state index contributed by atoms with van der Waals surface area (Å²) in [6.45, 7) is 0. The van der Waals surface area contributed by atoms with E-state index in [1.165, 1.54) is 0 Å². The molecular formula is C10H11Na3O9S3. The predicted octanol–water partition coefficient (Wildman–Crippen LogP) is -1.37. The van der Waals surface area contributed by atoms with Crippen LogP contribution in [0.2, 0.25) is 0 Å². The molecule has 0 fully saturated rings. The third kappa shape index (κ3) is 6.76. The van der Waals surface area contributed by atoms with Gasteiger partial charge in [0.15, 0.2) is 0 Å². The number of hydrogen-bond acceptors (Lipinski definition) is 6. The van der Waals surface area contributed by atoms with Gasteiger partial charge in [-0.2, -0.15) is 25.3 Å². The summed E-state index contributed by atoms with van der Waals surface area (Å²) in [5, 5.41) is -0.835. The molecule has 0 aromatic heterocycles. The van der Waals surface area contributed by atoms with Crippen molar-refractivity contribution in [3.05, 3.63) is 30.3 Å². The molecule has 25 heavy (non-hydrogen) atoms. The van der Waals surface area contributed by atoms with Gasteiger partial charge in [-0.15, -0.1) is 0 Å². The Kier molecular flexibility index (Phi) is 11.2. The van der Waals surface area contributed by atoms with Crippen molar-refractivity contribution in [2.75, 3.05) is 0 Å². The van der Waals surface area contributed by atoms with Crippen molar-refractivity contribution in [2.45, 2.75) is 14.7 Å². The number of benzene rings is 2. The van der Waals surface area contributed by atoms with Gasteiger partial charge in [0.25, 0.3) is 30.4 Å². The van der Waals surface area contributed by atoms with Gasteiger partial charge in [-0.05, 0) is 18.2 Å². The zero-order valence-corrected chi connectivity index (χ0v) is 12.9. The van der Waals surface area contributed by atoms with Crippen LogP contribution in [-0.4, -0.2) is 128 Å². The van der Waals surface area contributed by atoms with Crippen LogP contribution in [0.5, 0.6) is 0 Å². The van der Waals surface area contributed by atoms with Gasteiger partial charge in [0.05, 0.1) is 4.90 Å². The molecule has 0 aliphatic heterocycles.